The number of carboxylic acids is 1. The molecule has 0 radical (unpaired) electrons. The quantitative estimate of drug-likeness (QED) is 0.887. The molecule has 1 aliphatic heterocycles. The summed E-state index contributed by atoms with van der Waals surface area (Å²) in [6.07, 6.45) is 4.14. The van der Waals surface area contributed by atoms with Crippen LogP contribution >= 0.6 is 0 Å². The van der Waals surface area contributed by atoms with Gasteiger partial charge in [0.05, 0.1) is 5.56 Å². The molecule has 0 aliphatic carbocycles. The topological polar surface area (TPSA) is 57.6 Å². The van der Waals surface area contributed by atoms with Crippen molar-refractivity contribution in [1.29, 1.82) is 0 Å². The minimum absolute atomic E-state index is 0.0261. The summed E-state index contributed by atoms with van der Waals surface area (Å²) in [6, 6.07) is 14.6. The summed E-state index contributed by atoms with van der Waals surface area (Å²) in [4.78, 5) is 24.9. The Morgan fingerprint density at radius 1 is 1.00 bits per heavy atom. The van der Waals surface area contributed by atoms with Crippen LogP contribution < -0.4 is 0 Å². The van der Waals surface area contributed by atoms with Crippen molar-refractivity contribution in [2.75, 3.05) is 6.54 Å². The van der Waals surface area contributed by atoms with Crippen molar-refractivity contribution >= 4 is 18.0 Å². The van der Waals surface area contributed by atoms with E-state index in [4.69, 9.17) is 5.11 Å². The van der Waals surface area contributed by atoms with Crippen molar-refractivity contribution in [3.8, 4) is 0 Å². The van der Waals surface area contributed by atoms with Crippen LogP contribution in [0.25, 0.3) is 6.08 Å². The minimum atomic E-state index is -0.955. The van der Waals surface area contributed by atoms with Gasteiger partial charge < -0.3 is 10.0 Å². The molecule has 2 aromatic rings. The standard InChI is InChI=1S/C19H17NO3/c21-18(10-7-14-5-8-16(9-6-14)19(22)23)20-12-11-15-3-1-2-4-17(15)13-20/h1-10H,11-13H2,(H,22,23). The molecule has 0 unspecified atom stereocenters. The van der Waals surface area contributed by atoms with Crippen molar-refractivity contribution in [3.05, 3.63) is 76.9 Å². The average molecular weight is 307 g/mol. The minimum Gasteiger partial charge on any atom is -0.478 e. The van der Waals surface area contributed by atoms with E-state index in [1.54, 1.807) is 24.3 Å². The Hall–Kier alpha value is -2.88. The number of fused-ring (bicyclic) bond motifs is 1. The van der Waals surface area contributed by atoms with Crippen molar-refractivity contribution in [2.45, 2.75) is 13.0 Å². The first kappa shape index (κ1) is 15.0. The lowest BCUT2D eigenvalue weighted by atomic mass is 10.00. The fraction of sp³-hybridized carbons (Fsp3) is 0.158. The van der Waals surface area contributed by atoms with Crippen LogP contribution in [0.4, 0.5) is 0 Å². The van der Waals surface area contributed by atoms with Gasteiger partial charge in [-0.15, -0.1) is 0 Å². The zero-order valence-electron chi connectivity index (χ0n) is 12.6. The van der Waals surface area contributed by atoms with E-state index in [2.05, 4.69) is 12.1 Å². The summed E-state index contributed by atoms with van der Waals surface area (Å²) in [6.45, 7) is 1.36. The highest BCUT2D eigenvalue weighted by Gasteiger charge is 2.18. The average Bonchev–Trinajstić information content (AvgIpc) is 2.59. The summed E-state index contributed by atoms with van der Waals surface area (Å²) >= 11 is 0. The maximum atomic E-state index is 12.3. The van der Waals surface area contributed by atoms with E-state index in [1.165, 1.54) is 23.3 Å². The van der Waals surface area contributed by atoms with Gasteiger partial charge in [-0.3, -0.25) is 4.79 Å². The lowest BCUT2D eigenvalue weighted by Gasteiger charge is -2.27. The number of hydrogen-bond acceptors (Lipinski definition) is 2. The zero-order valence-corrected chi connectivity index (χ0v) is 12.6. The van der Waals surface area contributed by atoms with Gasteiger partial charge in [-0.2, -0.15) is 0 Å². The molecule has 1 amide bonds. The molecule has 1 heterocycles. The first-order valence-corrected chi connectivity index (χ1v) is 7.50. The number of carbonyl (C=O) groups excluding carboxylic acids is 1. The third-order valence-electron chi connectivity index (χ3n) is 4.02. The second-order valence-electron chi connectivity index (χ2n) is 5.54. The summed E-state index contributed by atoms with van der Waals surface area (Å²) in [7, 11) is 0. The molecular formula is C19H17NO3. The molecule has 1 N–H and O–H groups in total. The lowest BCUT2D eigenvalue weighted by Crippen LogP contribution is -2.34. The van der Waals surface area contributed by atoms with E-state index < -0.39 is 5.97 Å². The molecule has 1 aliphatic rings. The van der Waals surface area contributed by atoms with E-state index in [9.17, 15) is 9.59 Å². The number of benzene rings is 2. The maximum Gasteiger partial charge on any atom is 0.335 e. The van der Waals surface area contributed by atoms with Crippen LogP contribution in [0.5, 0.6) is 0 Å². The predicted molar refractivity (Wildman–Crippen MR) is 88.0 cm³/mol. The number of nitrogens with zero attached hydrogens (tertiary/aromatic N) is 1. The Morgan fingerprint density at radius 2 is 1.70 bits per heavy atom. The van der Waals surface area contributed by atoms with E-state index in [0.717, 1.165) is 18.5 Å². The summed E-state index contributed by atoms with van der Waals surface area (Å²) in [5, 5.41) is 8.87. The molecule has 3 rings (SSSR count). The van der Waals surface area contributed by atoms with E-state index in [-0.39, 0.29) is 11.5 Å². The molecule has 0 spiro atoms. The van der Waals surface area contributed by atoms with Crippen LogP contribution in [0.15, 0.2) is 54.6 Å². The van der Waals surface area contributed by atoms with Gasteiger partial charge in [0, 0.05) is 19.2 Å². The third-order valence-corrected chi connectivity index (χ3v) is 4.02. The van der Waals surface area contributed by atoms with Crippen LogP contribution in [0, 0.1) is 0 Å². The SMILES string of the molecule is O=C(O)c1ccc(C=CC(=O)N2CCc3ccccc3C2)cc1. The van der Waals surface area contributed by atoms with Gasteiger partial charge in [-0.05, 0) is 41.3 Å². The summed E-state index contributed by atoms with van der Waals surface area (Å²) in [5.74, 6) is -0.981. The van der Waals surface area contributed by atoms with Gasteiger partial charge in [-0.25, -0.2) is 4.79 Å². The molecule has 0 saturated heterocycles. The van der Waals surface area contributed by atoms with Crippen molar-refractivity contribution in [1.82, 2.24) is 4.90 Å². The molecule has 0 bridgehead atoms. The normalized spacial score (nSPS) is 13.8. The van der Waals surface area contributed by atoms with Crippen LogP contribution in [-0.4, -0.2) is 28.4 Å². The molecule has 0 aromatic heterocycles. The monoisotopic (exact) mass is 307 g/mol. The number of amides is 1. The van der Waals surface area contributed by atoms with Crippen molar-refractivity contribution in [3.63, 3.8) is 0 Å². The van der Waals surface area contributed by atoms with E-state index >= 15 is 0 Å². The van der Waals surface area contributed by atoms with Gasteiger partial charge in [0.2, 0.25) is 5.91 Å². The molecule has 2 aromatic carbocycles. The Bertz CT molecular complexity index is 762. The highest BCUT2D eigenvalue weighted by atomic mass is 16.4. The second kappa shape index (κ2) is 6.48. The Labute approximate surface area is 134 Å². The fourth-order valence-corrected chi connectivity index (χ4v) is 2.69. The van der Waals surface area contributed by atoms with E-state index in [1.807, 2.05) is 17.0 Å². The lowest BCUT2D eigenvalue weighted by molar-refractivity contribution is -0.126. The van der Waals surface area contributed by atoms with Crippen molar-refractivity contribution < 1.29 is 14.7 Å². The highest BCUT2D eigenvalue weighted by molar-refractivity contribution is 5.92. The number of carboxylic acid groups (broad SMARTS) is 1. The zero-order chi connectivity index (χ0) is 16.2. The fourth-order valence-electron chi connectivity index (χ4n) is 2.69. The first-order valence-electron chi connectivity index (χ1n) is 7.50. The molecule has 0 fully saturated rings. The van der Waals surface area contributed by atoms with Gasteiger partial charge >= 0.3 is 5.97 Å². The summed E-state index contributed by atoms with van der Waals surface area (Å²) in [5.41, 5.74) is 3.55. The van der Waals surface area contributed by atoms with Crippen LogP contribution in [0.1, 0.15) is 27.0 Å². The number of rotatable bonds is 3. The molecular weight excluding hydrogens is 290 g/mol. The van der Waals surface area contributed by atoms with Crippen LogP contribution in [-0.2, 0) is 17.8 Å². The first-order chi connectivity index (χ1) is 11.1. The number of aromatic carboxylic acids is 1. The molecule has 4 nitrogen and oxygen atoms in total. The second-order valence-corrected chi connectivity index (χ2v) is 5.54. The third kappa shape index (κ3) is 3.48. The van der Waals surface area contributed by atoms with Gasteiger partial charge in [0.1, 0.15) is 0 Å². The predicted octanol–water partition coefficient (Wildman–Crippen LogP) is 2.98. The van der Waals surface area contributed by atoms with Gasteiger partial charge in [0.25, 0.3) is 0 Å². The summed E-state index contributed by atoms with van der Waals surface area (Å²) < 4.78 is 0. The largest absolute Gasteiger partial charge is 0.478 e. The Kier molecular flexibility index (Phi) is 4.24. The Morgan fingerprint density at radius 3 is 2.39 bits per heavy atom. The smallest absolute Gasteiger partial charge is 0.335 e. The van der Waals surface area contributed by atoms with Crippen LogP contribution in [0.2, 0.25) is 0 Å². The highest BCUT2D eigenvalue weighted by Crippen LogP contribution is 2.18. The van der Waals surface area contributed by atoms with Gasteiger partial charge in [0.15, 0.2) is 0 Å². The van der Waals surface area contributed by atoms with E-state index in [0.29, 0.717) is 6.54 Å². The molecule has 0 atom stereocenters. The molecule has 4 heteroatoms. The van der Waals surface area contributed by atoms with Crippen molar-refractivity contribution in [2.24, 2.45) is 0 Å². The van der Waals surface area contributed by atoms with Crippen LogP contribution in [0.3, 0.4) is 0 Å². The number of hydrogen-bond donors (Lipinski definition) is 1. The molecule has 0 saturated carbocycles. The number of carbonyl (C=O) groups is 2. The maximum absolute atomic E-state index is 12.3. The molecule has 23 heavy (non-hydrogen) atoms. The Balaban J connectivity index is 1.66. The van der Waals surface area contributed by atoms with Gasteiger partial charge in [-0.1, -0.05) is 36.4 Å². The molecule has 116 valence electrons.